The number of hydrogen-bond acceptors (Lipinski definition) is 5. The van der Waals surface area contributed by atoms with Gasteiger partial charge < -0.3 is 10.4 Å². The number of nitrogens with one attached hydrogen (secondary N) is 1. The number of Topliss-reactive ketones (excluding diaryl/α,β-unsaturated/α-hetero) is 1. The molecule has 0 spiro atoms. The summed E-state index contributed by atoms with van der Waals surface area (Å²) in [5, 5.41) is 13.9. The number of likely N-dealkylation sites (tertiary alicyclic amines) is 1. The lowest BCUT2D eigenvalue weighted by atomic mass is 9.91. The maximum atomic E-state index is 12.8. The Morgan fingerprint density at radius 1 is 1.09 bits per heavy atom. The SMILES string of the molecule is CC(C)(C)C(=O)Nc1ccc(C(=O)CN2CC3CC(O)(Cc4ccccc4)CC3C2)cn1. The van der Waals surface area contributed by atoms with E-state index in [9.17, 15) is 14.7 Å². The van der Waals surface area contributed by atoms with Gasteiger partial charge in [-0.25, -0.2) is 4.98 Å². The van der Waals surface area contributed by atoms with Crippen molar-refractivity contribution in [2.75, 3.05) is 25.0 Å². The zero-order valence-electron chi connectivity index (χ0n) is 19.2. The van der Waals surface area contributed by atoms with Gasteiger partial charge in [0.2, 0.25) is 5.91 Å². The van der Waals surface area contributed by atoms with Gasteiger partial charge in [0.15, 0.2) is 5.78 Å². The topological polar surface area (TPSA) is 82.5 Å². The highest BCUT2D eigenvalue weighted by Crippen LogP contribution is 2.45. The molecular formula is C26H33N3O3. The minimum absolute atomic E-state index is 0.0331. The molecule has 6 heteroatoms. The predicted molar refractivity (Wildman–Crippen MR) is 124 cm³/mol. The highest BCUT2D eigenvalue weighted by atomic mass is 16.3. The molecule has 2 heterocycles. The number of nitrogens with zero attached hydrogens (tertiary/aromatic N) is 2. The zero-order valence-corrected chi connectivity index (χ0v) is 19.2. The quantitative estimate of drug-likeness (QED) is 0.678. The van der Waals surface area contributed by atoms with Crippen LogP contribution in [0.5, 0.6) is 0 Å². The minimum Gasteiger partial charge on any atom is -0.390 e. The molecule has 0 radical (unpaired) electrons. The van der Waals surface area contributed by atoms with Gasteiger partial charge in [-0.05, 0) is 42.4 Å². The van der Waals surface area contributed by atoms with Gasteiger partial charge in [0, 0.05) is 36.7 Å². The molecule has 6 nitrogen and oxygen atoms in total. The van der Waals surface area contributed by atoms with Gasteiger partial charge in [-0.2, -0.15) is 0 Å². The first-order chi connectivity index (χ1) is 15.1. The first-order valence-electron chi connectivity index (χ1n) is 11.4. The third kappa shape index (κ3) is 5.25. The molecule has 2 N–H and O–H groups in total. The standard InChI is InChI=1S/C26H33N3O3/c1-25(2,3)24(31)28-23-10-9-19(14-27-23)22(30)17-29-15-20-12-26(32,13-21(20)16-29)11-18-7-5-4-6-8-18/h4-10,14,20-21,32H,11-13,15-17H2,1-3H3,(H,27,28,31). The third-order valence-corrected chi connectivity index (χ3v) is 6.69. The normalized spacial score (nSPS) is 25.5. The molecule has 1 saturated heterocycles. The Balaban J connectivity index is 1.28. The van der Waals surface area contributed by atoms with Crippen molar-refractivity contribution in [3.8, 4) is 0 Å². The van der Waals surface area contributed by atoms with Crippen LogP contribution in [0.25, 0.3) is 0 Å². The molecule has 2 aliphatic rings. The molecule has 1 aromatic heterocycles. The minimum atomic E-state index is -0.635. The summed E-state index contributed by atoms with van der Waals surface area (Å²) in [6, 6.07) is 13.6. The smallest absolute Gasteiger partial charge is 0.230 e. The molecule has 0 bridgehead atoms. The number of rotatable bonds is 6. The van der Waals surface area contributed by atoms with Crippen molar-refractivity contribution in [1.82, 2.24) is 9.88 Å². The number of aromatic nitrogens is 1. The second kappa shape index (κ2) is 8.75. The molecule has 2 fully saturated rings. The molecule has 1 amide bonds. The molecule has 2 aromatic rings. The molecule has 1 saturated carbocycles. The van der Waals surface area contributed by atoms with Crippen LogP contribution in [0.15, 0.2) is 48.7 Å². The molecule has 1 aliphatic heterocycles. The van der Waals surface area contributed by atoms with E-state index in [0.717, 1.165) is 25.9 Å². The van der Waals surface area contributed by atoms with Crippen molar-refractivity contribution in [3.63, 3.8) is 0 Å². The Morgan fingerprint density at radius 2 is 1.75 bits per heavy atom. The van der Waals surface area contributed by atoms with Crippen molar-refractivity contribution >= 4 is 17.5 Å². The second-order valence-corrected chi connectivity index (χ2v) is 10.6. The van der Waals surface area contributed by atoms with Crippen molar-refractivity contribution in [1.29, 1.82) is 0 Å². The van der Waals surface area contributed by atoms with Gasteiger partial charge in [-0.15, -0.1) is 0 Å². The fourth-order valence-corrected chi connectivity index (χ4v) is 5.04. The average Bonchev–Trinajstić information content (AvgIpc) is 3.22. The zero-order chi connectivity index (χ0) is 22.9. The lowest BCUT2D eigenvalue weighted by Gasteiger charge is -2.26. The highest BCUT2D eigenvalue weighted by molar-refractivity contribution is 5.98. The van der Waals surface area contributed by atoms with Crippen LogP contribution in [0.3, 0.4) is 0 Å². The lowest BCUT2D eigenvalue weighted by Crippen LogP contribution is -2.34. The van der Waals surface area contributed by atoms with Gasteiger partial charge in [-0.3, -0.25) is 14.5 Å². The van der Waals surface area contributed by atoms with E-state index >= 15 is 0 Å². The van der Waals surface area contributed by atoms with E-state index < -0.39 is 11.0 Å². The van der Waals surface area contributed by atoms with Crippen molar-refractivity contribution < 1.29 is 14.7 Å². The monoisotopic (exact) mass is 435 g/mol. The molecule has 2 atom stereocenters. The summed E-state index contributed by atoms with van der Waals surface area (Å²) in [6.07, 6.45) is 3.82. The van der Waals surface area contributed by atoms with Crippen molar-refractivity contribution in [2.45, 2.75) is 45.6 Å². The first-order valence-corrected chi connectivity index (χ1v) is 11.4. The van der Waals surface area contributed by atoms with Crippen LogP contribution in [-0.4, -0.2) is 51.9 Å². The predicted octanol–water partition coefficient (Wildman–Crippen LogP) is 3.56. The number of carbonyl (C=O) groups excluding carboxylic acids is 2. The third-order valence-electron chi connectivity index (χ3n) is 6.69. The second-order valence-electron chi connectivity index (χ2n) is 10.6. The maximum Gasteiger partial charge on any atom is 0.230 e. The number of ketones is 1. The number of carbonyl (C=O) groups is 2. The summed E-state index contributed by atoms with van der Waals surface area (Å²) in [7, 11) is 0. The van der Waals surface area contributed by atoms with E-state index in [1.165, 1.54) is 11.8 Å². The van der Waals surface area contributed by atoms with E-state index in [0.29, 0.717) is 36.2 Å². The molecule has 4 rings (SSSR count). The van der Waals surface area contributed by atoms with Crippen LogP contribution < -0.4 is 5.32 Å². The molecular weight excluding hydrogens is 402 g/mol. The summed E-state index contributed by atoms with van der Waals surface area (Å²) in [4.78, 5) is 31.3. The van der Waals surface area contributed by atoms with Crippen LogP contribution in [0, 0.1) is 17.3 Å². The first kappa shape index (κ1) is 22.6. The van der Waals surface area contributed by atoms with Gasteiger partial charge in [0.1, 0.15) is 5.82 Å². The number of aliphatic hydroxyl groups is 1. The molecule has 1 aromatic carbocycles. The Labute approximate surface area is 190 Å². The summed E-state index contributed by atoms with van der Waals surface area (Å²) in [6.45, 7) is 7.58. The van der Waals surface area contributed by atoms with E-state index in [2.05, 4.69) is 27.3 Å². The van der Waals surface area contributed by atoms with Gasteiger partial charge in [-0.1, -0.05) is 51.1 Å². The fourth-order valence-electron chi connectivity index (χ4n) is 5.04. The van der Waals surface area contributed by atoms with Crippen LogP contribution >= 0.6 is 0 Å². The summed E-state index contributed by atoms with van der Waals surface area (Å²) in [5.41, 5.74) is 0.592. The molecule has 1 aliphatic carbocycles. The van der Waals surface area contributed by atoms with E-state index in [1.54, 1.807) is 12.1 Å². The fraction of sp³-hybridized carbons (Fsp3) is 0.500. The van der Waals surface area contributed by atoms with Gasteiger partial charge in [0.05, 0.1) is 12.1 Å². The van der Waals surface area contributed by atoms with Crippen LogP contribution in [0.2, 0.25) is 0 Å². The maximum absolute atomic E-state index is 12.8. The van der Waals surface area contributed by atoms with E-state index in [-0.39, 0.29) is 11.7 Å². The summed E-state index contributed by atoms with van der Waals surface area (Å²) < 4.78 is 0. The van der Waals surface area contributed by atoms with E-state index in [4.69, 9.17) is 0 Å². The largest absolute Gasteiger partial charge is 0.390 e. The van der Waals surface area contributed by atoms with Gasteiger partial charge >= 0.3 is 0 Å². The van der Waals surface area contributed by atoms with E-state index in [1.807, 2.05) is 39.0 Å². The molecule has 170 valence electrons. The van der Waals surface area contributed by atoms with Crippen molar-refractivity contribution in [3.05, 3.63) is 59.8 Å². The van der Waals surface area contributed by atoms with Crippen LogP contribution in [0.1, 0.15) is 49.5 Å². The number of fused-ring (bicyclic) bond motifs is 1. The number of amides is 1. The van der Waals surface area contributed by atoms with Gasteiger partial charge in [0.25, 0.3) is 0 Å². The van der Waals surface area contributed by atoms with Crippen LogP contribution in [0.4, 0.5) is 5.82 Å². The molecule has 2 unspecified atom stereocenters. The Kier molecular flexibility index (Phi) is 6.19. The summed E-state index contributed by atoms with van der Waals surface area (Å²) >= 11 is 0. The molecule has 32 heavy (non-hydrogen) atoms. The number of hydrogen-bond donors (Lipinski definition) is 2. The Hall–Kier alpha value is -2.57. The number of anilines is 1. The number of benzene rings is 1. The Bertz CT molecular complexity index is 952. The Morgan fingerprint density at radius 3 is 2.31 bits per heavy atom. The number of pyridine rings is 1. The van der Waals surface area contributed by atoms with Crippen molar-refractivity contribution in [2.24, 2.45) is 17.3 Å². The lowest BCUT2D eigenvalue weighted by molar-refractivity contribution is -0.123. The summed E-state index contributed by atoms with van der Waals surface area (Å²) in [5.74, 6) is 1.25. The highest BCUT2D eigenvalue weighted by Gasteiger charge is 2.48. The van der Waals surface area contributed by atoms with Crippen LogP contribution in [-0.2, 0) is 11.2 Å². The average molecular weight is 436 g/mol.